The predicted octanol–water partition coefficient (Wildman–Crippen LogP) is 2.00. The second-order valence-corrected chi connectivity index (χ2v) is 3.51. The number of ketones is 1. The molecule has 1 rings (SSSR count). The molecule has 0 saturated carbocycles. The lowest BCUT2D eigenvalue weighted by atomic mass is 10.3. The molecule has 0 atom stereocenters. The van der Waals surface area contributed by atoms with Crippen molar-refractivity contribution in [3.8, 4) is 0 Å². The number of halogens is 4. The van der Waals surface area contributed by atoms with Gasteiger partial charge in [-0.3, -0.25) is 9.48 Å². The predicted molar refractivity (Wildman–Crippen MR) is 54.0 cm³/mol. The minimum absolute atomic E-state index is 0.192. The highest BCUT2D eigenvalue weighted by Gasteiger charge is 2.41. The van der Waals surface area contributed by atoms with Gasteiger partial charge >= 0.3 is 12.3 Å². The van der Waals surface area contributed by atoms with Crippen molar-refractivity contribution in [3.05, 3.63) is 18.0 Å². The SMILES string of the molecule is CCn1nccc1C(=O)COCC(F)(F)C(F)F. The molecular weight excluding hydrogens is 256 g/mol. The van der Waals surface area contributed by atoms with E-state index in [-0.39, 0.29) is 5.69 Å². The molecule has 18 heavy (non-hydrogen) atoms. The summed E-state index contributed by atoms with van der Waals surface area (Å²) in [7, 11) is 0. The quantitative estimate of drug-likeness (QED) is 0.561. The number of Topliss-reactive ketones (excluding diaryl/α,β-unsaturated/α-hetero) is 1. The van der Waals surface area contributed by atoms with Gasteiger partial charge in [0.25, 0.3) is 0 Å². The number of carbonyl (C=O) groups is 1. The number of ether oxygens (including phenoxy) is 1. The molecule has 0 fully saturated rings. The first-order valence-corrected chi connectivity index (χ1v) is 5.17. The molecule has 0 aliphatic rings. The fourth-order valence-corrected chi connectivity index (χ4v) is 1.24. The average Bonchev–Trinajstić information content (AvgIpc) is 2.76. The molecular formula is C10H12F4N2O2. The van der Waals surface area contributed by atoms with Gasteiger partial charge in [-0.05, 0) is 13.0 Å². The molecule has 0 amide bonds. The van der Waals surface area contributed by atoms with Gasteiger partial charge in [-0.15, -0.1) is 0 Å². The smallest absolute Gasteiger partial charge is 0.330 e. The summed E-state index contributed by atoms with van der Waals surface area (Å²) in [5, 5.41) is 3.81. The first kappa shape index (κ1) is 14.6. The van der Waals surface area contributed by atoms with E-state index in [4.69, 9.17) is 0 Å². The molecule has 102 valence electrons. The van der Waals surface area contributed by atoms with Crippen LogP contribution in [-0.4, -0.2) is 41.1 Å². The maximum atomic E-state index is 12.5. The van der Waals surface area contributed by atoms with E-state index in [9.17, 15) is 22.4 Å². The molecule has 0 aliphatic carbocycles. The molecule has 4 nitrogen and oxygen atoms in total. The summed E-state index contributed by atoms with van der Waals surface area (Å²) in [5.74, 6) is -4.83. The zero-order valence-electron chi connectivity index (χ0n) is 9.58. The normalized spacial score (nSPS) is 12.1. The Kier molecular flexibility index (Phi) is 4.83. The van der Waals surface area contributed by atoms with Gasteiger partial charge in [0, 0.05) is 12.7 Å². The zero-order valence-corrected chi connectivity index (χ0v) is 9.58. The topological polar surface area (TPSA) is 44.1 Å². The summed E-state index contributed by atoms with van der Waals surface area (Å²) in [5.41, 5.74) is 0.192. The summed E-state index contributed by atoms with van der Waals surface area (Å²) < 4.78 is 54.2. The Morgan fingerprint density at radius 2 is 2.22 bits per heavy atom. The van der Waals surface area contributed by atoms with Crippen molar-refractivity contribution in [2.45, 2.75) is 25.8 Å². The van der Waals surface area contributed by atoms with E-state index < -0.39 is 31.3 Å². The van der Waals surface area contributed by atoms with Crippen LogP contribution in [0.15, 0.2) is 12.3 Å². The number of carbonyl (C=O) groups excluding carboxylic acids is 1. The maximum Gasteiger partial charge on any atom is 0.330 e. The minimum Gasteiger partial charge on any atom is -0.367 e. The highest BCUT2D eigenvalue weighted by atomic mass is 19.3. The largest absolute Gasteiger partial charge is 0.367 e. The Hall–Kier alpha value is -1.44. The number of nitrogens with zero attached hydrogens (tertiary/aromatic N) is 2. The molecule has 0 unspecified atom stereocenters. The average molecular weight is 268 g/mol. The van der Waals surface area contributed by atoms with E-state index in [1.807, 2.05) is 0 Å². The molecule has 8 heteroatoms. The molecule has 0 spiro atoms. The first-order valence-electron chi connectivity index (χ1n) is 5.17. The van der Waals surface area contributed by atoms with E-state index >= 15 is 0 Å². The molecule has 0 aromatic carbocycles. The van der Waals surface area contributed by atoms with Crippen molar-refractivity contribution in [2.24, 2.45) is 0 Å². The number of hydrogen-bond donors (Lipinski definition) is 0. The van der Waals surface area contributed by atoms with Crippen LogP contribution in [0.4, 0.5) is 17.6 Å². The Balaban J connectivity index is 2.48. The number of alkyl halides is 4. The van der Waals surface area contributed by atoms with Gasteiger partial charge in [0.2, 0.25) is 5.78 Å². The third-order valence-corrected chi connectivity index (χ3v) is 2.15. The van der Waals surface area contributed by atoms with Crippen LogP contribution < -0.4 is 0 Å². The van der Waals surface area contributed by atoms with Crippen molar-refractivity contribution in [2.75, 3.05) is 13.2 Å². The van der Waals surface area contributed by atoms with E-state index in [1.165, 1.54) is 16.9 Å². The van der Waals surface area contributed by atoms with E-state index in [2.05, 4.69) is 9.84 Å². The van der Waals surface area contributed by atoms with Crippen LogP contribution in [0.2, 0.25) is 0 Å². The van der Waals surface area contributed by atoms with Crippen molar-refractivity contribution in [1.29, 1.82) is 0 Å². The monoisotopic (exact) mass is 268 g/mol. The molecule has 1 aromatic rings. The Bertz CT molecular complexity index is 406. The van der Waals surface area contributed by atoms with E-state index in [1.54, 1.807) is 6.92 Å². The second-order valence-electron chi connectivity index (χ2n) is 3.51. The molecule has 0 bridgehead atoms. The molecule has 0 radical (unpaired) electrons. The van der Waals surface area contributed by atoms with Crippen LogP contribution in [0, 0.1) is 0 Å². The fourth-order valence-electron chi connectivity index (χ4n) is 1.24. The highest BCUT2D eigenvalue weighted by Crippen LogP contribution is 2.22. The van der Waals surface area contributed by atoms with Crippen molar-refractivity contribution < 1.29 is 27.1 Å². The van der Waals surface area contributed by atoms with Gasteiger partial charge in [0.15, 0.2) is 0 Å². The van der Waals surface area contributed by atoms with Crippen molar-refractivity contribution in [3.63, 3.8) is 0 Å². The van der Waals surface area contributed by atoms with Gasteiger partial charge < -0.3 is 4.74 Å². The van der Waals surface area contributed by atoms with Crippen LogP contribution in [-0.2, 0) is 11.3 Å². The number of aryl methyl sites for hydroxylation is 1. The van der Waals surface area contributed by atoms with E-state index in [0.29, 0.717) is 6.54 Å². The van der Waals surface area contributed by atoms with Crippen LogP contribution in [0.25, 0.3) is 0 Å². The molecule has 1 heterocycles. The fraction of sp³-hybridized carbons (Fsp3) is 0.600. The lowest BCUT2D eigenvalue weighted by molar-refractivity contribution is -0.163. The summed E-state index contributed by atoms with van der Waals surface area (Å²) in [4.78, 5) is 11.5. The highest BCUT2D eigenvalue weighted by molar-refractivity contribution is 5.95. The second kappa shape index (κ2) is 5.94. The third kappa shape index (κ3) is 3.52. The van der Waals surface area contributed by atoms with Crippen LogP contribution in [0.5, 0.6) is 0 Å². The summed E-state index contributed by atoms with van der Waals surface area (Å²) in [6, 6.07) is 1.40. The van der Waals surface area contributed by atoms with Gasteiger partial charge in [-0.25, -0.2) is 8.78 Å². The van der Waals surface area contributed by atoms with Gasteiger partial charge in [-0.1, -0.05) is 0 Å². The Morgan fingerprint density at radius 3 is 2.78 bits per heavy atom. The summed E-state index contributed by atoms with van der Waals surface area (Å²) in [6.45, 7) is 0.00151. The molecule has 1 aromatic heterocycles. The van der Waals surface area contributed by atoms with Crippen LogP contribution in [0.1, 0.15) is 17.4 Å². The summed E-state index contributed by atoms with van der Waals surface area (Å²) >= 11 is 0. The first-order chi connectivity index (χ1) is 8.38. The minimum atomic E-state index is -4.24. The third-order valence-electron chi connectivity index (χ3n) is 2.15. The molecule has 0 saturated heterocycles. The molecule has 0 aliphatic heterocycles. The number of hydrogen-bond acceptors (Lipinski definition) is 3. The lowest BCUT2D eigenvalue weighted by Gasteiger charge is -2.14. The van der Waals surface area contributed by atoms with Gasteiger partial charge in [-0.2, -0.15) is 13.9 Å². The van der Waals surface area contributed by atoms with Gasteiger partial charge in [0.1, 0.15) is 18.9 Å². The maximum absolute atomic E-state index is 12.5. The Morgan fingerprint density at radius 1 is 1.56 bits per heavy atom. The zero-order chi connectivity index (χ0) is 13.8. The molecule has 0 N–H and O–H groups in total. The van der Waals surface area contributed by atoms with Gasteiger partial charge in [0.05, 0.1) is 0 Å². The van der Waals surface area contributed by atoms with Crippen LogP contribution >= 0.6 is 0 Å². The van der Waals surface area contributed by atoms with Crippen molar-refractivity contribution >= 4 is 5.78 Å². The summed E-state index contributed by atoms with van der Waals surface area (Å²) in [6.07, 6.45) is -2.43. The lowest BCUT2D eigenvalue weighted by Crippen LogP contribution is -2.33. The Labute approximate surface area is 101 Å². The van der Waals surface area contributed by atoms with Crippen LogP contribution in [0.3, 0.4) is 0 Å². The number of rotatable bonds is 7. The van der Waals surface area contributed by atoms with Crippen molar-refractivity contribution in [1.82, 2.24) is 9.78 Å². The standard InChI is InChI=1S/C10H12F4N2O2/c1-2-16-7(3-4-15-16)8(17)5-18-6-10(13,14)9(11)12/h3-4,9H,2,5-6H2,1H3. The number of aromatic nitrogens is 2. The van der Waals surface area contributed by atoms with E-state index in [0.717, 1.165) is 0 Å².